The van der Waals surface area contributed by atoms with Gasteiger partial charge in [-0.25, -0.2) is 13.4 Å². The maximum atomic E-state index is 13.3. The molecule has 0 fully saturated rings. The van der Waals surface area contributed by atoms with Crippen LogP contribution in [0, 0.1) is 13.8 Å². The molecule has 0 amide bonds. The molecule has 0 atom stereocenters. The molecule has 0 aliphatic carbocycles. The first-order valence-electron chi connectivity index (χ1n) is 8.74. The third kappa shape index (κ3) is 3.14. The molecule has 142 valence electrons. The summed E-state index contributed by atoms with van der Waals surface area (Å²) < 4.78 is 33.6. The molecular formula is C21H19N3O3S. The molecule has 0 bridgehead atoms. The highest BCUT2D eigenvalue weighted by Crippen LogP contribution is 2.34. The zero-order chi connectivity index (χ0) is 19.9. The number of rotatable bonds is 4. The van der Waals surface area contributed by atoms with E-state index in [1.54, 1.807) is 48.7 Å². The first kappa shape index (κ1) is 18.2. The number of hydrogen-bond acceptors (Lipinski definition) is 5. The van der Waals surface area contributed by atoms with Crippen LogP contribution in [0.3, 0.4) is 0 Å². The Morgan fingerprint density at radius 2 is 1.68 bits per heavy atom. The van der Waals surface area contributed by atoms with Crippen LogP contribution < -0.4 is 4.31 Å². The Hall–Kier alpha value is -3.19. The topological polar surface area (TPSA) is 76.3 Å². The van der Waals surface area contributed by atoms with Crippen LogP contribution in [0.15, 0.2) is 70.1 Å². The van der Waals surface area contributed by atoms with Gasteiger partial charge in [-0.05, 0) is 61.4 Å². The fraction of sp³-hybridized carbons (Fsp3) is 0.143. The molecule has 2 aromatic carbocycles. The number of benzene rings is 2. The lowest BCUT2D eigenvalue weighted by molar-refractivity contribution is 0.594. The van der Waals surface area contributed by atoms with Gasteiger partial charge in [-0.15, -0.1) is 0 Å². The second-order valence-corrected chi connectivity index (χ2v) is 8.63. The molecule has 0 saturated heterocycles. The Bertz CT molecular complexity index is 1230. The van der Waals surface area contributed by atoms with Gasteiger partial charge < -0.3 is 4.42 Å². The summed E-state index contributed by atoms with van der Waals surface area (Å²) in [5, 5.41) is 0. The summed E-state index contributed by atoms with van der Waals surface area (Å²) in [5.74, 6) is 0.326. The van der Waals surface area contributed by atoms with Crippen molar-refractivity contribution >= 4 is 26.9 Å². The van der Waals surface area contributed by atoms with Crippen molar-refractivity contribution in [3.63, 3.8) is 0 Å². The van der Waals surface area contributed by atoms with E-state index in [2.05, 4.69) is 9.97 Å². The maximum absolute atomic E-state index is 13.3. The van der Waals surface area contributed by atoms with Crippen molar-refractivity contribution < 1.29 is 12.8 Å². The molecular weight excluding hydrogens is 374 g/mol. The van der Waals surface area contributed by atoms with E-state index in [1.165, 1.54) is 11.4 Å². The number of fused-ring (bicyclic) bond motifs is 1. The fourth-order valence-corrected chi connectivity index (χ4v) is 4.59. The van der Waals surface area contributed by atoms with E-state index in [1.807, 2.05) is 26.0 Å². The van der Waals surface area contributed by atoms with Gasteiger partial charge in [0, 0.05) is 13.2 Å². The first-order valence-corrected chi connectivity index (χ1v) is 10.2. The van der Waals surface area contributed by atoms with E-state index < -0.39 is 10.0 Å². The second-order valence-electron chi connectivity index (χ2n) is 6.66. The standard InChI is InChI=1S/C21H19N3O3S/c1-14-11-15(2)13-16(12-14)28(25,26)24(3)18-8-5-4-7-17(18)21-23-20-19(27-21)9-6-10-22-20/h4-13H,1-3H3. The number of para-hydroxylation sites is 1. The Labute approximate surface area is 163 Å². The predicted molar refractivity (Wildman–Crippen MR) is 109 cm³/mol. The van der Waals surface area contributed by atoms with Crippen LogP contribution in [0.2, 0.25) is 0 Å². The van der Waals surface area contributed by atoms with E-state index in [4.69, 9.17) is 4.42 Å². The number of aryl methyl sites for hydroxylation is 2. The smallest absolute Gasteiger partial charge is 0.264 e. The number of hydrogen-bond donors (Lipinski definition) is 0. The molecule has 2 aromatic heterocycles. The minimum absolute atomic E-state index is 0.251. The van der Waals surface area contributed by atoms with E-state index in [9.17, 15) is 8.42 Å². The number of nitrogens with zero attached hydrogens (tertiary/aromatic N) is 3. The number of oxazole rings is 1. The summed E-state index contributed by atoms with van der Waals surface area (Å²) in [6, 6.07) is 15.9. The molecule has 0 radical (unpaired) electrons. The van der Waals surface area contributed by atoms with Gasteiger partial charge in [-0.2, -0.15) is 4.98 Å². The van der Waals surface area contributed by atoms with Gasteiger partial charge in [0.05, 0.1) is 16.1 Å². The molecule has 0 saturated carbocycles. The highest BCUT2D eigenvalue weighted by Gasteiger charge is 2.25. The summed E-state index contributed by atoms with van der Waals surface area (Å²) >= 11 is 0. The van der Waals surface area contributed by atoms with Crippen molar-refractivity contribution in [2.45, 2.75) is 18.7 Å². The first-order chi connectivity index (χ1) is 13.4. The molecule has 4 rings (SSSR count). The highest BCUT2D eigenvalue weighted by molar-refractivity contribution is 7.92. The molecule has 0 spiro atoms. The third-order valence-corrected chi connectivity index (χ3v) is 6.24. The third-order valence-electron chi connectivity index (χ3n) is 4.49. The van der Waals surface area contributed by atoms with Crippen LogP contribution in [0.25, 0.3) is 22.7 Å². The van der Waals surface area contributed by atoms with Gasteiger partial charge in [0.2, 0.25) is 5.89 Å². The van der Waals surface area contributed by atoms with Crippen molar-refractivity contribution in [1.82, 2.24) is 9.97 Å². The lowest BCUT2D eigenvalue weighted by Gasteiger charge is -2.22. The maximum Gasteiger partial charge on any atom is 0.264 e. The van der Waals surface area contributed by atoms with Gasteiger partial charge in [-0.3, -0.25) is 4.31 Å². The summed E-state index contributed by atoms with van der Waals surface area (Å²) in [5.41, 5.74) is 3.87. The fourth-order valence-electron chi connectivity index (χ4n) is 3.18. The minimum atomic E-state index is -3.75. The minimum Gasteiger partial charge on any atom is -0.434 e. The summed E-state index contributed by atoms with van der Waals surface area (Å²) in [7, 11) is -2.21. The molecule has 0 unspecified atom stereocenters. The van der Waals surface area contributed by atoms with E-state index in [0.29, 0.717) is 28.4 Å². The van der Waals surface area contributed by atoms with Gasteiger partial charge in [0.15, 0.2) is 11.2 Å². The predicted octanol–water partition coefficient (Wildman–Crippen LogP) is 4.33. The average Bonchev–Trinajstić information content (AvgIpc) is 3.10. The summed E-state index contributed by atoms with van der Waals surface area (Å²) in [6.45, 7) is 3.76. The van der Waals surface area contributed by atoms with E-state index >= 15 is 0 Å². The zero-order valence-corrected chi connectivity index (χ0v) is 16.6. The van der Waals surface area contributed by atoms with Gasteiger partial charge in [0.1, 0.15) is 0 Å². The van der Waals surface area contributed by atoms with Gasteiger partial charge in [0.25, 0.3) is 10.0 Å². The number of sulfonamides is 1. The molecule has 0 aliphatic rings. The van der Waals surface area contributed by atoms with Gasteiger partial charge >= 0.3 is 0 Å². The van der Waals surface area contributed by atoms with Crippen molar-refractivity contribution in [2.75, 3.05) is 11.4 Å². The SMILES string of the molecule is Cc1cc(C)cc(S(=O)(=O)N(C)c2ccccc2-c2nc3ncccc3o2)c1. The molecule has 7 heteroatoms. The quantitative estimate of drug-likeness (QED) is 0.516. The summed E-state index contributed by atoms with van der Waals surface area (Å²) in [4.78, 5) is 8.84. The molecule has 4 aromatic rings. The normalized spacial score (nSPS) is 11.7. The van der Waals surface area contributed by atoms with Crippen molar-refractivity contribution in [3.05, 3.63) is 71.9 Å². The van der Waals surface area contributed by atoms with Crippen molar-refractivity contribution in [1.29, 1.82) is 0 Å². The number of anilines is 1. The van der Waals surface area contributed by atoms with Crippen LogP contribution in [0.1, 0.15) is 11.1 Å². The molecule has 28 heavy (non-hydrogen) atoms. The van der Waals surface area contributed by atoms with Crippen LogP contribution in [-0.4, -0.2) is 25.4 Å². The molecule has 6 nitrogen and oxygen atoms in total. The number of pyridine rings is 1. The van der Waals surface area contributed by atoms with E-state index in [-0.39, 0.29) is 4.90 Å². The Balaban J connectivity index is 1.83. The largest absolute Gasteiger partial charge is 0.434 e. The van der Waals surface area contributed by atoms with Crippen molar-refractivity contribution in [2.24, 2.45) is 0 Å². The Kier molecular flexibility index (Phi) is 4.39. The van der Waals surface area contributed by atoms with Crippen LogP contribution in [0.4, 0.5) is 5.69 Å². The van der Waals surface area contributed by atoms with Crippen LogP contribution >= 0.6 is 0 Å². The Morgan fingerprint density at radius 3 is 2.39 bits per heavy atom. The number of aromatic nitrogens is 2. The highest BCUT2D eigenvalue weighted by atomic mass is 32.2. The average molecular weight is 393 g/mol. The lowest BCUT2D eigenvalue weighted by Crippen LogP contribution is -2.27. The van der Waals surface area contributed by atoms with Crippen LogP contribution in [-0.2, 0) is 10.0 Å². The molecule has 2 heterocycles. The summed E-state index contributed by atoms with van der Waals surface area (Å²) in [6.07, 6.45) is 1.64. The lowest BCUT2D eigenvalue weighted by atomic mass is 10.2. The van der Waals surface area contributed by atoms with Gasteiger partial charge in [-0.1, -0.05) is 18.2 Å². The second kappa shape index (κ2) is 6.76. The van der Waals surface area contributed by atoms with Crippen molar-refractivity contribution in [3.8, 4) is 11.5 Å². The van der Waals surface area contributed by atoms with Crippen LogP contribution in [0.5, 0.6) is 0 Å². The molecule has 0 N–H and O–H groups in total. The zero-order valence-electron chi connectivity index (χ0n) is 15.7. The Morgan fingerprint density at radius 1 is 0.964 bits per heavy atom. The monoisotopic (exact) mass is 393 g/mol. The van der Waals surface area contributed by atoms with E-state index in [0.717, 1.165) is 11.1 Å². The molecule has 0 aliphatic heterocycles.